The Morgan fingerprint density at radius 3 is 2.39 bits per heavy atom. The Labute approximate surface area is 167 Å². The summed E-state index contributed by atoms with van der Waals surface area (Å²) in [5.41, 5.74) is -1.08. The Kier molecular flexibility index (Phi) is 8.23. The summed E-state index contributed by atoms with van der Waals surface area (Å²) < 4.78 is 0. The van der Waals surface area contributed by atoms with E-state index in [0.29, 0.717) is 51.7 Å². The van der Waals surface area contributed by atoms with Crippen LogP contribution in [-0.2, 0) is 14.4 Å². The van der Waals surface area contributed by atoms with E-state index in [4.69, 9.17) is 0 Å². The summed E-state index contributed by atoms with van der Waals surface area (Å²) in [6.07, 6.45) is 7.11. The van der Waals surface area contributed by atoms with E-state index in [-0.39, 0.29) is 30.2 Å². The van der Waals surface area contributed by atoms with Gasteiger partial charge in [-0.2, -0.15) is 0 Å². The number of nitrogens with zero attached hydrogens (tertiary/aromatic N) is 2. The molecule has 0 unspecified atom stereocenters. The van der Waals surface area contributed by atoms with Crippen LogP contribution in [-0.4, -0.2) is 71.0 Å². The smallest absolute Gasteiger partial charge is 0.225 e. The van der Waals surface area contributed by atoms with Crippen molar-refractivity contribution in [1.82, 2.24) is 15.1 Å². The zero-order valence-electron chi connectivity index (χ0n) is 16.7. The number of piperidine rings is 1. The van der Waals surface area contributed by atoms with Crippen molar-refractivity contribution in [1.29, 1.82) is 0 Å². The molecule has 0 aromatic heterocycles. The zero-order valence-corrected chi connectivity index (χ0v) is 16.7. The van der Waals surface area contributed by atoms with Crippen LogP contribution in [0.25, 0.3) is 0 Å². The van der Waals surface area contributed by atoms with Crippen molar-refractivity contribution in [3.63, 3.8) is 0 Å². The molecular weight excluding hydrogens is 358 g/mol. The van der Waals surface area contributed by atoms with E-state index in [2.05, 4.69) is 18.5 Å². The number of carbonyl (C=O) groups is 3. The molecule has 2 aliphatic rings. The second-order valence-electron chi connectivity index (χ2n) is 7.84. The fourth-order valence-corrected chi connectivity index (χ4v) is 3.90. The molecule has 3 amide bonds. The molecule has 2 aliphatic heterocycles. The standard InChI is InChI=1S/C21H33N3O4/c1-3-10-21(28,11-4-2)16-22-20(27)17-8-9-19(26)24(15-17)14-6-13-23-12-5-7-18(23)25/h3-4,17,28H,1-2,5-16H2,(H,22,27)/t17-/m1/s1. The Hall–Kier alpha value is -2.15. The minimum Gasteiger partial charge on any atom is -0.387 e. The highest BCUT2D eigenvalue weighted by Crippen LogP contribution is 2.20. The van der Waals surface area contributed by atoms with Crippen LogP contribution in [0.3, 0.4) is 0 Å². The molecule has 0 bridgehead atoms. The summed E-state index contributed by atoms with van der Waals surface area (Å²) in [7, 11) is 0. The lowest BCUT2D eigenvalue weighted by atomic mass is 9.93. The van der Waals surface area contributed by atoms with E-state index in [0.717, 1.165) is 19.4 Å². The van der Waals surface area contributed by atoms with Crippen LogP contribution in [0.1, 0.15) is 44.9 Å². The highest BCUT2D eigenvalue weighted by Gasteiger charge is 2.32. The Morgan fingerprint density at radius 1 is 1.14 bits per heavy atom. The van der Waals surface area contributed by atoms with E-state index >= 15 is 0 Å². The number of hydrogen-bond donors (Lipinski definition) is 2. The van der Waals surface area contributed by atoms with Gasteiger partial charge in [0.1, 0.15) is 0 Å². The van der Waals surface area contributed by atoms with Crippen LogP contribution in [0.4, 0.5) is 0 Å². The Bertz CT molecular complexity index is 594. The van der Waals surface area contributed by atoms with Gasteiger partial charge in [0.05, 0.1) is 11.5 Å². The lowest BCUT2D eigenvalue weighted by Crippen LogP contribution is -2.49. The number of likely N-dealkylation sites (tertiary alicyclic amines) is 2. The molecule has 2 heterocycles. The summed E-state index contributed by atoms with van der Waals surface area (Å²) in [5, 5.41) is 13.4. The van der Waals surface area contributed by atoms with Crippen molar-refractivity contribution >= 4 is 17.7 Å². The van der Waals surface area contributed by atoms with Gasteiger partial charge in [-0.15, -0.1) is 13.2 Å². The van der Waals surface area contributed by atoms with E-state index in [9.17, 15) is 19.5 Å². The van der Waals surface area contributed by atoms with Crippen LogP contribution >= 0.6 is 0 Å². The molecular formula is C21H33N3O4. The molecule has 7 heteroatoms. The van der Waals surface area contributed by atoms with Gasteiger partial charge in [-0.25, -0.2) is 0 Å². The number of rotatable bonds is 11. The number of amides is 3. The highest BCUT2D eigenvalue weighted by atomic mass is 16.3. The molecule has 2 fully saturated rings. The third-order valence-electron chi connectivity index (χ3n) is 5.54. The molecule has 2 rings (SSSR count). The van der Waals surface area contributed by atoms with Crippen LogP contribution in [0, 0.1) is 5.92 Å². The normalized spacial score (nSPS) is 20.4. The highest BCUT2D eigenvalue weighted by molar-refractivity contribution is 5.83. The van der Waals surface area contributed by atoms with Gasteiger partial charge in [0.2, 0.25) is 17.7 Å². The number of carbonyl (C=O) groups excluding carboxylic acids is 3. The Morgan fingerprint density at radius 2 is 1.79 bits per heavy atom. The molecule has 1 atom stereocenters. The van der Waals surface area contributed by atoms with Crippen LogP contribution < -0.4 is 5.32 Å². The van der Waals surface area contributed by atoms with Gasteiger partial charge in [-0.1, -0.05) is 12.2 Å². The average molecular weight is 392 g/mol. The van der Waals surface area contributed by atoms with E-state index in [1.807, 2.05) is 4.90 Å². The van der Waals surface area contributed by atoms with Gasteiger partial charge in [-0.3, -0.25) is 14.4 Å². The molecule has 0 aromatic carbocycles. The molecule has 156 valence electrons. The predicted molar refractivity (Wildman–Crippen MR) is 107 cm³/mol. The maximum absolute atomic E-state index is 12.6. The number of hydrogen-bond acceptors (Lipinski definition) is 4. The van der Waals surface area contributed by atoms with E-state index < -0.39 is 5.60 Å². The molecule has 0 saturated carbocycles. The summed E-state index contributed by atoms with van der Waals surface area (Å²) >= 11 is 0. The van der Waals surface area contributed by atoms with Gasteiger partial charge in [0.25, 0.3) is 0 Å². The summed E-state index contributed by atoms with van der Waals surface area (Å²) in [6.45, 7) is 9.84. The summed E-state index contributed by atoms with van der Waals surface area (Å²) in [6, 6.07) is 0. The van der Waals surface area contributed by atoms with Gasteiger partial charge >= 0.3 is 0 Å². The third kappa shape index (κ3) is 6.19. The molecule has 28 heavy (non-hydrogen) atoms. The van der Waals surface area contributed by atoms with Crippen LogP contribution in [0.15, 0.2) is 25.3 Å². The largest absolute Gasteiger partial charge is 0.387 e. The van der Waals surface area contributed by atoms with Gasteiger partial charge < -0.3 is 20.2 Å². The van der Waals surface area contributed by atoms with Crippen molar-refractivity contribution < 1.29 is 19.5 Å². The molecule has 0 spiro atoms. The number of nitrogens with one attached hydrogen (secondary N) is 1. The average Bonchev–Trinajstić information content (AvgIpc) is 3.07. The van der Waals surface area contributed by atoms with Crippen molar-refractivity contribution in [3.8, 4) is 0 Å². The second kappa shape index (κ2) is 10.4. The summed E-state index contributed by atoms with van der Waals surface area (Å²) in [4.78, 5) is 40.0. The molecule has 2 N–H and O–H groups in total. The minimum atomic E-state index is -1.08. The third-order valence-corrected chi connectivity index (χ3v) is 5.54. The maximum atomic E-state index is 12.6. The fraction of sp³-hybridized carbons (Fsp3) is 0.667. The van der Waals surface area contributed by atoms with Crippen LogP contribution in [0.2, 0.25) is 0 Å². The maximum Gasteiger partial charge on any atom is 0.225 e. The Balaban J connectivity index is 1.80. The van der Waals surface area contributed by atoms with E-state index in [1.165, 1.54) is 0 Å². The molecule has 0 radical (unpaired) electrons. The monoisotopic (exact) mass is 391 g/mol. The van der Waals surface area contributed by atoms with Crippen molar-refractivity contribution in [2.45, 2.75) is 50.5 Å². The second-order valence-corrected chi connectivity index (χ2v) is 7.84. The van der Waals surface area contributed by atoms with E-state index in [1.54, 1.807) is 17.1 Å². The first kappa shape index (κ1) is 22.1. The fourth-order valence-electron chi connectivity index (χ4n) is 3.90. The van der Waals surface area contributed by atoms with Crippen molar-refractivity contribution in [3.05, 3.63) is 25.3 Å². The molecule has 0 aromatic rings. The van der Waals surface area contributed by atoms with Crippen molar-refractivity contribution in [2.24, 2.45) is 5.92 Å². The van der Waals surface area contributed by atoms with Crippen LogP contribution in [0.5, 0.6) is 0 Å². The first-order valence-electron chi connectivity index (χ1n) is 10.2. The van der Waals surface area contributed by atoms with Gasteiger partial charge in [0, 0.05) is 45.6 Å². The van der Waals surface area contributed by atoms with Crippen molar-refractivity contribution in [2.75, 3.05) is 32.7 Å². The molecule has 7 nitrogen and oxygen atoms in total. The van der Waals surface area contributed by atoms with Gasteiger partial charge in [-0.05, 0) is 32.1 Å². The quantitative estimate of drug-likeness (QED) is 0.519. The lowest BCUT2D eigenvalue weighted by Gasteiger charge is -2.33. The SMILES string of the molecule is C=CCC(O)(CC=C)CNC(=O)[C@@H]1CCC(=O)N(CCCN2CCCC2=O)C1. The minimum absolute atomic E-state index is 0.0617. The molecule has 2 saturated heterocycles. The first-order valence-corrected chi connectivity index (χ1v) is 10.2. The number of aliphatic hydroxyl groups is 1. The molecule has 0 aliphatic carbocycles. The zero-order chi connectivity index (χ0) is 20.6. The first-order chi connectivity index (χ1) is 13.4. The van der Waals surface area contributed by atoms with Gasteiger partial charge in [0.15, 0.2) is 0 Å². The summed E-state index contributed by atoms with van der Waals surface area (Å²) in [5.74, 6) is -0.165. The lowest BCUT2D eigenvalue weighted by molar-refractivity contribution is -0.138. The topological polar surface area (TPSA) is 89.9 Å². The predicted octanol–water partition coefficient (Wildman–Crippen LogP) is 1.24.